The van der Waals surface area contributed by atoms with Gasteiger partial charge in [-0.2, -0.15) is 14.9 Å². The zero-order valence-corrected chi connectivity index (χ0v) is 11.2. The Morgan fingerprint density at radius 2 is 2.10 bits per heavy atom. The lowest BCUT2D eigenvalue weighted by atomic mass is 10.2. The smallest absolute Gasteiger partial charge is 0.353 e. The van der Waals surface area contributed by atoms with Gasteiger partial charge in [-0.3, -0.25) is 4.90 Å². The van der Waals surface area contributed by atoms with Crippen molar-refractivity contribution in [3.63, 3.8) is 0 Å². The summed E-state index contributed by atoms with van der Waals surface area (Å²) < 4.78 is 1.26. The minimum Gasteiger partial charge on any atom is -0.353 e. The summed E-state index contributed by atoms with van der Waals surface area (Å²) in [4.78, 5) is 15.8. The molecule has 1 aliphatic heterocycles. The molecule has 0 saturated carbocycles. The van der Waals surface area contributed by atoms with Gasteiger partial charge in [0.25, 0.3) is 0 Å². The Morgan fingerprint density at radius 1 is 1.35 bits per heavy atom. The molecule has 2 aromatic rings. The Kier molecular flexibility index (Phi) is 3.12. The molecule has 0 amide bonds. The van der Waals surface area contributed by atoms with E-state index in [-0.39, 0.29) is 11.7 Å². The quantitative estimate of drug-likeness (QED) is 0.789. The van der Waals surface area contributed by atoms with Crippen molar-refractivity contribution in [3.05, 3.63) is 22.6 Å². The molecule has 1 N–H and O–H groups in total. The van der Waals surface area contributed by atoms with Crippen LogP contribution in [0, 0.1) is 11.3 Å². The fourth-order valence-corrected chi connectivity index (χ4v) is 2.38. The Morgan fingerprint density at radius 3 is 2.80 bits per heavy atom. The van der Waals surface area contributed by atoms with E-state index in [1.165, 1.54) is 4.52 Å². The van der Waals surface area contributed by atoms with Crippen LogP contribution in [0.15, 0.2) is 16.9 Å². The van der Waals surface area contributed by atoms with Gasteiger partial charge in [-0.25, -0.2) is 9.89 Å². The van der Waals surface area contributed by atoms with Gasteiger partial charge in [0.2, 0.25) is 0 Å². The van der Waals surface area contributed by atoms with Crippen LogP contribution in [0.5, 0.6) is 0 Å². The van der Waals surface area contributed by atoms with Crippen molar-refractivity contribution in [3.8, 4) is 6.07 Å². The summed E-state index contributed by atoms with van der Waals surface area (Å²) in [6.45, 7) is 5.11. The van der Waals surface area contributed by atoms with Gasteiger partial charge in [-0.1, -0.05) is 0 Å². The van der Waals surface area contributed by atoms with E-state index in [2.05, 4.69) is 31.2 Å². The highest BCUT2D eigenvalue weighted by atomic mass is 16.2. The van der Waals surface area contributed by atoms with Crippen LogP contribution in [0.2, 0.25) is 0 Å². The third-order valence-electron chi connectivity index (χ3n) is 3.63. The van der Waals surface area contributed by atoms with Gasteiger partial charge in [-0.05, 0) is 19.1 Å². The summed E-state index contributed by atoms with van der Waals surface area (Å²) in [5.41, 5.74) is 0.175. The molecule has 104 valence electrons. The normalized spacial score (nSPS) is 18.1. The van der Waals surface area contributed by atoms with Crippen LogP contribution in [0.1, 0.15) is 6.92 Å². The number of nitriles is 1. The van der Waals surface area contributed by atoms with Crippen LogP contribution in [-0.4, -0.2) is 56.9 Å². The Hall–Kier alpha value is -2.40. The van der Waals surface area contributed by atoms with E-state index in [1.54, 1.807) is 6.07 Å². The van der Waals surface area contributed by atoms with Crippen molar-refractivity contribution in [1.82, 2.24) is 24.7 Å². The SMILES string of the molecule is CC(C#N)N1CCN(c2ccc3n[nH]c(=O)n3n2)CC1. The van der Waals surface area contributed by atoms with Gasteiger partial charge in [0.1, 0.15) is 5.82 Å². The van der Waals surface area contributed by atoms with Crippen LogP contribution >= 0.6 is 0 Å². The lowest BCUT2D eigenvalue weighted by molar-refractivity contribution is 0.231. The molecule has 8 heteroatoms. The maximum atomic E-state index is 11.5. The van der Waals surface area contributed by atoms with Crippen molar-refractivity contribution in [1.29, 1.82) is 5.26 Å². The summed E-state index contributed by atoms with van der Waals surface area (Å²) >= 11 is 0. The summed E-state index contributed by atoms with van der Waals surface area (Å²) in [5, 5.41) is 19.4. The molecule has 20 heavy (non-hydrogen) atoms. The molecule has 1 saturated heterocycles. The van der Waals surface area contributed by atoms with E-state index < -0.39 is 0 Å². The van der Waals surface area contributed by atoms with Gasteiger partial charge < -0.3 is 4.90 Å². The molecular weight excluding hydrogens is 258 g/mol. The van der Waals surface area contributed by atoms with Gasteiger partial charge in [0, 0.05) is 26.2 Å². The van der Waals surface area contributed by atoms with Gasteiger partial charge in [0.05, 0.1) is 12.1 Å². The number of H-pyrrole nitrogens is 1. The van der Waals surface area contributed by atoms with E-state index in [9.17, 15) is 4.79 Å². The maximum Gasteiger partial charge on any atom is 0.364 e. The third-order valence-corrected chi connectivity index (χ3v) is 3.63. The number of fused-ring (bicyclic) bond motifs is 1. The maximum absolute atomic E-state index is 11.5. The number of nitrogens with zero attached hydrogens (tertiary/aromatic N) is 6. The van der Waals surface area contributed by atoms with Crippen molar-refractivity contribution < 1.29 is 0 Å². The van der Waals surface area contributed by atoms with Gasteiger partial charge >= 0.3 is 5.69 Å². The molecule has 0 aromatic carbocycles. The van der Waals surface area contributed by atoms with Crippen molar-refractivity contribution in [2.24, 2.45) is 0 Å². The van der Waals surface area contributed by atoms with E-state index in [0.29, 0.717) is 5.65 Å². The highest BCUT2D eigenvalue weighted by Crippen LogP contribution is 2.14. The zero-order chi connectivity index (χ0) is 14.1. The second-order valence-corrected chi connectivity index (χ2v) is 4.82. The number of aromatic amines is 1. The Bertz CT molecular complexity index is 704. The summed E-state index contributed by atoms with van der Waals surface area (Å²) in [5.74, 6) is 0.755. The predicted octanol–water partition coefficient (Wildman–Crippen LogP) is -0.548. The van der Waals surface area contributed by atoms with E-state index >= 15 is 0 Å². The molecule has 0 radical (unpaired) electrons. The van der Waals surface area contributed by atoms with Crippen LogP contribution in [0.3, 0.4) is 0 Å². The number of piperazine rings is 1. The fourth-order valence-electron chi connectivity index (χ4n) is 2.38. The second kappa shape index (κ2) is 4.94. The molecule has 2 aromatic heterocycles. The largest absolute Gasteiger partial charge is 0.364 e. The fraction of sp³-hybridized carbons (Fsp3) is 0.500. The summed E-state index contributed by atoms with van der Waals surface area (Å²) in [6.07, 6.45) is 0. The van der Waals surface area contributed by atoms with Crippen molar-refractivity contribution in [2.75, 3.05) is 31.1 Å². The van der Waals surface area contributed by atoms with E-state index in [1.807, 2.05) is 13.0 Å². The van der Waals surface area contributed by atoms with Crippen molar-refractivity contribution >= 4 is 11.5 Å². The number of hydrogen-bond donors (Lipinski definition) is 1. The predicted molar refractivity (Wildman–Crippen MR) is 72.5 cm³/mol. The molecule has 0 aliphatic carbocycles. The van der Waals surface area contributed by atoms with E-state index in [4.69, 9.17) is 5.26 Å². The number of nitrogens with one attached hydrogen (secondary N) is 1. The molecule has 8 nitrogen and oxygen atoms in total. The highest BCUT2D eigenvalue weighted by Gasteiger charge is 2.22. The molecule has 0 bridgehead atoms. The van der Waals surface area contributed by atoms with Gasteiger partial charge in [-0.15, -0.1) is 5.10 Å². The number of hydrogen-bond acceptors (Lipinski definition) is 6. The topological polar surface area (TPSA) is 93.3 Å². The highest BCUT2D eigenvalue weighted by molar-refractivity contribution is 5.45. The molecule has 1 aliphatic rings. The summed E-state index contributed by atoms with van der Waals surface area (Å²) in [7, 11) is 0. The lowest BCUT2D eigenvalue weighted by Gasteiger charge is -2.36. The zero-order valence-electron chi connectivity index (χ0n) is 11.2. The second-order valence-electron chi connectivity index (χ2n) is 4.82. The first-order valence-electron chi connectivity index (χ1n) is 6.52. The Balaban J connectivity index is 1.78. The summed E-state index contributed by atoms with van der Waals surface area (Å²) in [6, 6.07) is 5.81. The standard InChI is InChI=1S/C12H15N7O/c1-9(8-13)17-4-6-18(7-5-17)11-3-2-10-14-15-12(20)19(10)16-11/h2-3,9H,4-7H2,1H3,(H,15,20). The first-order chi connectivity index (χ1) is 9.69. The van der Waals surface area contributed by atoms with E-state index in [0.717, 1.165) is 32.0 Å². The Labute approximate surface area is 115 Å². The number of aromatic nitrogens is 4. The lowest BCUT2D eigenvalue weighted by Crippen LogP contribution is -2.49. The number of rotatable bonds is 2. The molecule has 1 fully saturated rings. The monoisotopic (exact) mass is 273 g/mol. The van der Waals surface area contributed by atoms with Crippen LogP contribution in [0.4, 0.5) is 5.82 Å². The molecule has 3 heterocycles. The molecule has 1 atom stereocenters. The minimum atomic E-state index is -0.335. The minimum absolute atomic E-state index is 0.0657. The molecule has 1 unspecified atom stereocenters. The first-order valence-corrected chi connectivity index (χ1v) is 6.52. The van der Waals surface area contributed by atoms with Crippen LogP contribution in [-0.2, 0) is 0 Å². The first kappa shape index (κ1) is 12.6. The van der Waals surface area contributed by atoms with Crippen LogP contribution < -0.4 is 10.6 Å². The average Bonchev–Trinajstić information content (AvgIpc) is 2.87. The molecule has 3 rings (SSSR count). The van der Waals surface area contributed by atoms with Gasteiger partial charge in [0.15, 0.2) is 5.65 Å². The molecule has 0 spiro atoms. The third kappa shape index (κ3) is 2.12. The van der Waals surface area contributed by atoms with Crippen LogP contribution in [0.25, 0.3) is 5.65 Å². The molecular formula is C12H15N7O. The average molecular weight is 273 g/mol. The van der Waals surface area contributed by atoms with Crippen molar-refractivity contribution in [2.45, 2.75) is 13.0 Å². The number of anilines is 1.